The van der Waals surface area contributed by atoms with Crippen LogP contribution in [0.3, 0.4) is 0 Å². The van der Waals surface area contributed by atoms with Gasteiger partial charge in [0.15, 0.2) is 0 Å². The van der Waals surface area contributed by atoms with Crippen LogP contribution in [0, 0.1) is 0 Å². The summed E-state index contributed by atoms with van der Waals surface area (Å²) in [6.45, 7) is 3.77. The minimum Gasteiger partial charge on any atom is -0.507 e. The van der Waals surface area contributed by atoms with E-state index in [1.54, 1.807) is 42.7 Å². The zero-order valence-corrected chi connectivity index (χ0v) is 18.7. The summed E-state index contributed by atoms with van der Waals surface area (Å²) in [7, 11) is 2.99. The summed E-state index contributed by atoms with van der Waals surface area (Å²) < 4.78 is 16.0. The van der Waals surface area contributed by atoms with Gasteiger partial charge in [0.2, 0.25) is 0 Å². The number of carbonyl (C=O) groups is 2. The lowest BCUT2D eigenvalue weighted by atomic mass is 9.95. The number of aliphatic hydroxyl groups excluding tert-OH is 1. The largest absolute Gasteiger partial charge is 0.507 e. The second-order valence-corrected chi connectivity index (χ2v) is 7.79. The Balaban J connectivity index is 1.75. The summed E-state index contributed by atoms with van der Waals surface area (Å²) in [6, 6.07) is 7.64. The van der Waals surface area contributed by atoms with E-state index < -0.39 is 17.7 Å². The molecule has 0 unspecified atom stereocenters. The number of nitrogens with zero attached hydrogens (tertiary/aromatic N) is 3. The molecule has 0 saturated carbocycles. The van der Waals surface area contributed by atoms with E-state index in [4.69, 9.17) is 14.2 Å². The Morgan fingerprint density at radius 1 is 1.09 bits per heavy atom. The average Bonchev–Trinajstić information content (AvgIpc) is 3.12. The van der Waals surface area contributed by atoms with Crippen molar-refractivity contribution in [3.05, 3.63) is 59.4 Å². The first kappa shape index (κ1) is 22.8. The van der Waals surface area contributed by atoms with Crippen molar-refractivity contribution in [1.82, 2.24) is 14.8 Å². The summed E-state index contributed by atoms with van der Waals surface area (Å²) in [4.78, 5) is 34.0. The normalized spacial score (nSPS) is 20.8. The van der Waals surface area contributed by atoms with Gasteiger partial charge in [0.05, 0.1) is 44.6 Å². The molecule has 0 bridgehead atoms. The van der Waals surface area contributed by atoms with Crippen molar-refractivity contribution in [2.75, 3.05) is 53.6 Å². The number of rotatable bonds is 7. The van der Waals surface area contributed by atoms with E-state index in [1.807, 2.05) is 0 Å². The quantitative estimate of drug-likeness (QED) is 0.385. The van der Waals surface area contributed by atoms with E-state index in [1.165, 1.54) is 19.1 Å². The van der Waals surface area contributed by atoms with Crippen LogP contribution in [-0.2, 0) is 14.3 Å². The van der Waals surface area contributed by atoms with Crippen LogP contribution in [0.15, 0.2) is 48.3 Å². The zero-order chi connectivity index (χ0) is 23.4. The number of likely N-dealkylation sites (tertiary alicyclic amines) is 1. The maximum atomic E-state index is 13.2. The molecule has 1 atom stereocenters. The highest BCUT2D eigenvalue weighted by Crippen LogP contribution is 2.41. The first-order chi connectivity index (χ1) is 16.0. The molecular formula is C24H27N3O6. The van der Waals surface area contributed by atoms with Gasteiger partial charge < -0.3 is 24.2 Å². The van der Waals surface area contributed by atoms with Gasteiger partial charge >= 0.3 is 0 Å². The van der Waals surface area contributed by atoms with Gasteiger partial charge in [-0.15, -0.1) is 0 Å². The van der Waals surface area contributed by atoms with E-state index >= 15 is 0 Å². The third kappa shape index (κ3) is 4.55. The van der Waals surface area contributed by atoms with Crippen LogP contribution < -0.4 is 9.47 Å². The molecular weight excluding hydrogens is 426 g/mol. The number of aliphatic hydroxyl groups is 1. The van der Waals surface area contributed by atoms with Gasteiger partial charge in [0.25, 0.3) is 11.7 Å². The summed E-state index contributed by atoms with van der Waals surface area (Å²) in [5.74, 6) is -0.781. The van der Waals surface area contributed by atoms with Crippen molar-refractivity contribution in [3.8, 4) is 11.5 Å². The number of morpholine rings is 1. The predicted octanol–water partition coefficient (Wildman–Crippen LogP) is 1.85. The van der Waals surface area contributed by atoms with Gasteiger partial charge in [-0.25, -0.2) is 0 Å². The van der Waals surface area contributed by atoms with Crippen molar-refractivity contribution >= 4 is 17.4 Å². The molecule has 174 valence electrons. The van der Waals surface area contributed by atoms with Crippen molar-refractivity contribution in [1.29, 1.82) is 0 Å². The Kier molecular flexibility index (Phi) is 6.90. The average molecular weight is 453 g/mol. The van der Waals surface area contributed by atoms with Gasteiger partial charge in [-0.2, -0.15) is 0 Å². The Morgan fingerprint density at radius 2 is 1.82 bits per heavy atom. The van der Waals surface area contributed by atoms with Crippen molar-refractivity contribution in [2.24, 2.45) is 0 Å². The third-order valence-electron chi connectivity index (χ3n) is 5.99. The molecule has 2 aliphatic rings. The number of Topliss-reactive ketones (excluding diaryl/α,β-unsaturated/α-hetero) is 1. The smallest absolute Gasteiger partial charge is 0.295 e. The molecule has 9 nitrogen and oxygen atoms in total. The molecule has 2 aliphatic heterocycles. The molecule has 1 amide bonds. The molecule has 0 spiro atoms. The first-order valence-electron chi connectivity index (χ1n) is 10.8. The van der Waals surface area contributed by atoms with Gasteiger partial charge in [-0.3, -0.25) is 19.5 Å². The molecule has 1 aromatic carbocycles. The van der Waals surface area contributed by atoms with E-state index in [2.05, 4.69) is 9.88 Å². The number of aromatic nitrogens is 1. The SMILES string of the molecule is COc1ccc(/C(O)=C2\C(=O)C(=O)N(CCN3CCOCC3)[C@H]2c2ccncc2)c(OC)c1. The molecule has 0 aliphatic carbocycles. The predicted molar refractivity (Wildman–Crippen MR) is 120 cm³/mol. The molecule has 33 heavy (non-hydrogen) atoms. The number of ether oxygens (including phenoxy) is 3. The number of amides is 1. The van der Waals surface area contributed by atoms with Gasteiger partial charge in [0.1, 0.15) is 17.3 Å². The monoisotopic (exact) mass is 453 g/mol. The van der Waals surface area contributed by atoms with Gasteiger partial charge in [0, 0.05) is 44.6 Å². The van der Waals surface area contributed by atoms with E-state index in [-0.39, 0.29) is 11.3 Å². The minimum absolute atomic E-state index is 0.0247. The van der Waals surface area contributed by atoms with E-state index in [0.29, 0.717) is 48.9 Å². The molecule has 1 N–H and O–H groups in total. The lowest BCUT2D eigenvalue weighted by molar-refractivity contribution is -0.140. The molecule has 9 heteroatoms. The van der Waals surface area contributed by atoms with Crippen LogP contribution >= 0.6 is 0 Å². The fourth-order valence-electron chi connectivity index (χ4n) is 4.22. The molecule has 0 radical (unpaired) electrons. The zero-order valence-electron chi connectivity index (χ0n) is 18.7. The second kappa shape index (κ2) is 10.0. The topological polar surface area (TPSA) is 101 Å². The number of pyridine rings is 1. The van der Waals surface area contributed by atoms with Crippen LogP contribution in [0.1, 0.15) is 17.2 Å². The summed E-state index contributed by atoms with van der Waals surface area (Å²) in [6.07, 6.45) is 3.21. The van der Waals surface area contributed by atoms with Crippen molar-refractivity contribution in [2.45, 2.75) is 6.04 Å². The van der Waals surface area contributed by atoms with Crippen LogP contribution in [-0.4, -0.2) is 85.2 Å². The maximum Gasteiger partial charge on any atom is 0.295 e. The molecule has 3 heterocycles. The second-order valence-electron chi connectivity index (χ2n) is 7.79. The van der Waals surface area contributed by atoms with Crippen LogP contribution in [0.5, 0.6) is 11.5 Å². The summed E-state index contributed by atoms with van der Waals surface area (Å²) >= 11 is 0. The summed E-state index contributed by atoms with van der Waals surface area (Å²) in [5.41, 5.74) is 1.03. The fraction of sp³-hybridized carbons (Fsp3) is 0.375. The number of benzene rings is 1. The minimum atomic E-state index is -0.735. The Bertz CT molecular complexity index is 1050. The highest BCUT2D eigenvalue weighted by molar-refractivity contribution is 6.46. The van der Waals surface area contributed by atoms with Crippen LogP contribution in [0.2, 0.25) is 0 Å². The van der Waals surface area contributed by atoms with Crippen molar-refractivity contribution < 1.29 is 28.9 Å². The lowest BCUT2D eigenvalue weighted by Gasteiger charge is -2.31. The van der Waals surface area contributed by atoms with Gasteiger partial charge in [-0.1, -0.05) is 0 Å². The van der Waals surface area contributed by atoms with E-state index in [0.717, 1.165) is 13.1 Å². The highest BCUT2D eigenvalue weighted by atomic mass is 16.5. The van der Waals surface area contributed by atoms with Gasteiger partial charge in [-0.05, 0) is 29.8 Å². The molecule has 2 aromatic rings. The number of carbonyl (C=O) groups excluding carboxylic acids is 2. The Labute approximate surface area is 192 Å². The number of hydrogen-bond acceptors (Lipinski definition) is 8. The fourth-order valence-corrected chi connectivity index (χ4v) is 4.22. The molecule has 4 rings (SSSR count). The first-order valence-corrected chi connectivity index (χ1v) is 10.8. The Hall–Kier alpha value is -3.43. The standard InChI is InChI=1S/C24H27N3O6/c1-31-17-3-4-18(19(15-17)32-2)22(28)20-21(16-5-7-25-8-6-16)27(24(30)23(20)29)10-9-26-11-13-33-14-12-26/h3-8,15,21,28H,9-14H2,1-2H3/b22-20+/t21-/m0/s1. The third-order valence-corrected chi connectivity index (χ3v) is 5.99. The number of methoxy groups -OCH3 is 2. The maximum absolute atomic E-state index is 13.2. The number of hydrogen-bond donors (Lipinski definition) is 1. The molecule has 2 fully saturated rings. The number of ketones is 1. The van der Waals surface area contributed by atoms with E-state index in [9.17, 15) is 14.7 Å². The Morgan fingerprint density at radius 3 is 2.48 bits per heavy atom. The molecule has 1 aromatic heterocycles. The highest BCUT2D eigenvalue weighted by Gasteiger charge is 2.46. The summed E-state index contributed by atoms with van der Waals surface area (Å²) in [5, 5.41) is 11.3. The molecule has 2 saturated heterocycles. The lowest BCUT2D eigenvalue weighted by Crippen LogP contribution is -2.42. The van der Waals surface area contributed by atoms with Crippen molar-refractivity contribution in [3.63, 3.8) is 0 Å². The van der Waals surface area contributed by atoms with Crippen LogP contribution in [0.25, 0.3) is 5.76 Å². The van der Waals surface area contributed by atoms with Crippen LogP contribution in [0.4, 0.5) is 0 Å².